The first-order chi connectivity index (χ1) is 6.21. The van der Waals surface area contributed by atoms with E-state index < -0.39 is 5.60 Å². The van der Waals surface area contributed by atoms with E-state index in [4.69, 9.17) is 4.74 Å². The molecule has 0 bridgehead atoms. The first-order valence-electron chi connectivity index (χ1n) is 4.56. The first kappa shape index (κ1) is 9.19. The van der Waals surface area contributed by atoms with Crippen molar-refractivity contribution in [1.29, 1.82) is 0 Å². The van der Waals surface area contributed by atoms with Crippen LogP contribution in [0.3, 0.4) is 0 Å². The van der Waals surface area contributed by atoms with Gasteiger partial charge in [-0.3, -0.25) is 0 Å². The Labute approximate surface area is 82.2 Å². The SMILES string of the molecule is Cc1cc(C2(O)CCOCC2)cs1. The smallest absolute Gasteiger partial charge is 0.0948 e. The van der Waals surface area contributed by atoms with Crippen molar-refractivity contribution in [3.63, 3.8) is 0 Å². The second kappa shape index (κ2) is 3.40. The van der Waals surface area contributed by atoms with Gasteiger partial charge in [-0.25, -0.2) is 0 Å². The summed E-state index contributed by atoms with van der Waals surface area (Å²) >= 11 is 1.70. The Morgan fingerprint density at radius 3 is 2.69 bits per heavy atom. The molecule has 0 radical (unpaired) electrons. The van der Waals surface area contributed by atoms with Crippen LogP contribution >= 0.6 is 11.3 Å². The lowest BCUT2D eigenvalue weighted by Gasteiger charge is -2.31. The zero-order chi connectivity index (χ0) is 9.31. The largest absolute Gasteiger partial charge is 0.385 e. The van der Waals surface area contributed by atoms with Crippen LogP contribution in [0.2, 0.25) is 0 Å². The van der Waals surface area contributed by atoms with Gasteiger partial charge in [0.2, 0.25) is 0 Å². The molecular formula is C10H14O2S. The molecule has 2 heterocycles. The molecule has 13 heavy (non-hydrogen) atoms. The molecule has 1 aliphatic rings. The highest BCUT2D eigenvalue weighted by Crippen LogP contribution is 2.34. The van der Waals surface area contributed by atoms with E-state index in [1.54, 1.807) is 11.3 Å². The Kier molecular flexibility index (Phi) is 2.41. The number of hydrogen-bond acceptors (Lipinski definition) is 3. The first-order valence-corrected chi connectivity index (χ1v) is 5.44. The molecule has 0 atom stereocenters. The highest BCUT2D eigenvalue weighted by molar-refractivity contribution is 7.10. The molecule has 0 spiro atoms. The molecule has 0 amide bonds. The van der Waals surface area contributed by atoms with Gasteiger partial charge < -0.3 is 9.84 Å². The van der Waals surface area contributed by atoms with Gasteiger partial charge in [0.25, 0.3) is 0 Å². The van der Waals surface area contributed by atoms with E-state index in [9.17, 15) is 5.11 Å². The number of thiophene rings is 1. The van der Waals surface area contributed by atoms with Gasteiger partial charge in [0, 0.05) is 30.9 Å². The third-order valence-corrected chi connectivity index (χ3v) is 3.45. The average molecular weight is 198 g/mol. The van der Waals surface area contributed by atoms with Crippen LogP contribution in [-0.2, 0) is 10.3 Å². The molecule has 0 unspecified atom stereocenters. The lowest BCUT2D eigenvalue weighted by atomic mass is 9.88. The van der Waals surface area contributed by atoms with E-state index in [1.807, 2.05) is 0 Å². The standard InChI is InChI=1S/C10H14O2S/c1-8-6-9(7-13-8)10(11)2-4-12-5-3-10/h6-7,11H,2-5H2,1H3. The molecule has 0 aliphatic carbocycles. The minimum absolute atomic E-state index is 0.622. The van der Waals surface area contributed by atoms with E-state index in [0.717, 1.165) is 18.4 Å². The van der Waals surface area contributed by atoms with Crippen LogP contribution in [-0.4, -0.2) is 18.3 Å². The molecule has 1 saturated heterocycles. The number of ether oxygens (including phenoxy) is 1. The Bertz CT molecular complexity index is 287. The fourth-order valence-electron chi connectivity index (χ4n) is 1.69. The van der Waals surface area contributed by atoms with Gasteiger partial charge in [0.15, 0.2) is 0 Å². The predicted octanol–water partition coefficient (Wildman–Crippen LogP) is 2.05. The highest BCUT2D eigenvalue weighted by atomic mass is 32.1. The number of aryl methyl sites for hydroxylation is 1. The zero-order valence-corrected chi connectivity index (χ0v) is 8.56. The molecule has 1 aromatic rings. The van der Waals surface area contributed by atoms with Crippen molar-refractivity contribution in [3.05, 3.63) is 21.9 Å². The van der Waals surface area contributed by atoms with Gasteiger partial charge in [-0.15, -0.1) is 11.3 Å². The van der Waals surface area contributed by atoms with Crippen LogP contribution in [0.15, 0.2) is 11.4 Å². The summed E-state index contributed by atoms with van der Waals surface area (Å²) in [5, 5.41) is 12.3. The maximum Gasteiger partial charge on any atom is 0.0948 e. The summed E-state index contributed by atoms with van der Waals surface area (Å²) in [7, 11) is 0. The lowest BCUT2D eigenvalue weighted by Crippen LogP contribution is -2.32. The summed E-state index contributed by atoms with van der Waals surface area (Å²) in [6.45, 7) is 3.41. The van der Waals surface area contributed by atoms with Gasteiger partial charge >= 0.3 is 0 Å². The van der Waals surface area contributed by atoms with Gasteiger partial charge in [0.05, 0.1) is 5.60 Å². The molecule has 0 saturated carbocycles. The molecular weight excluding hydrogens is 184 g/mol. The molecule has 1 N–H and O–H groups in total. The molecule has 72 valence electrons. The van der Waals surface area contributed by atoms with Crippen LogP contribution in [0.5, 0.6) is 0 Å². The Hall–Kier alpha value is -0.380. The fourth-order valence-corrected chi connectivity index (χ4v) is 2.48. The van der Waals surface area contributed by atoms with Crippen LogP contribution in [0, 0.1) is 6.92 Å². The number of rotatable bonds is 1. The van der Waals surface area contributed by atoms with Gasteiger partial charge in [0.1, 0.15) is 0 Å². The summed E-state index contributed by atoms with van der Waals surface area (Å²) in [6.07, 6.45) is 1.45. The minimum atomic E-state index is -0.622. The summed E-state index contributed by atoms with van der Waals surface area (Å²) in [4.78, 5) is 1.26. The summed E-state index contributed by atoms with van der Waals surface area (Å²) in [6, 6.07) is 2.08. The van der Waals surface area contributed by atoms with Crippen molar-refractivity contribution in [2.24, 2.45) is 0 Å². The van der Waals surface area contributed by atoms with Crippen molar-refractivity contribution in [1.82, 2.24) is 0 Å². The minimum Gasteiger partial charge on any atom is -0.385 e. The van der Waals surface area contributed by atoms with E-state index in [2.05, 4.69) is 18.4 Å². The van der Waals surface area contributed by atoms with Crippen molar-refractivity contribution >= 4 is 11.3 Å². The number of aliphatic hydroxyl groups is 1. The molecule has 1 aromatic heterocycles. The van der Waals surface area contributed by atoms with E-state index in [-0.39, 0.29) is 0 Å². The normalized spacial score (nSPS) is 21.7. The van der Waals surface area contributed by atoms with Gasteiger partial charge in [-0.2, -0.15) is 0 Å². The van der Waals surface area contributed by atoms with Crippen molar-refractivity contribution in [2.75, 3.05) is 13.2 Å². The molecule has 2 rings (SSSR count). The molecule has 0 aromatic carbocycles. The Morgan fingerprint density at radius 1 is 1.46 bits per heavy atom. The van der Waals surface area contributed by atoms with Crippen LogP contribution in [0.1, 0.15) is 23.3 Å². The van der Waals surface area contributed by atoms with E-state index >= 15 is 0 Å². The second-order valence-corrected chi connectivity index (χ2v) is 4.71. The molecule has 3 heteroatoms. The third-order valence-electron chi connectivity index (χ3n) is 2.59. The fraction of sp³-hybridized carbons (Fsp3) is 0.600. The monoisotopic (exact) mass is 198 g/mol. The van der Waals surface area contributed by atoms with Crippen LogP contribution in [0.25, 0.3) is 0 Å². The second-order valence-electron chi connectivity index (χ2n) is 3.59. The summed E-state index contributed by atoms with van der Waals surface area (Å²) < 4.78 is 5.24. The maximum absolute atomic E-state index is 10.3. The Balaban J connectivity index is 2.22. The van der Waals surface area contributed by atoms with Crippen molar-refractivity contribution in [3.8, 4) is 0 Å². The topological polar surface area (TPSA) is 29.5 Å². The van der Waals surface area contributed by atoms with E-state index in [0.29, 0.717) is 13.2 Å². The maximum atomic E-state index is 10.3. The third kappa shape index (κ3) is 1.77. The summed E-state index contributed by atoms with van der Waals surface area (Å²) in [5.74, 6) is 0. The number of hydrogen-bond donors (Lipinski definition) is 1. The Morgan fingerprint density at radius 2 is 2.15 bits per heavy atom. The molecule has 2 nitrogen and oxygen atoms in total. The highest BCUT2D eigenvalue weighted by Gasteiger charge is 2.32. The summed E-state index contributed by atoms with van der Waals surface area (Å²) in [5.41, 5.74) is 0.446. The predicted molar refractivity (Wildman–Crippen MR) is 53.0 cm³/mol. The average Bonchev–Trinajstić information content (AvgIpc) is 2.54. The van der Waals surface area contributed by atoms with Crippen LogP contribution < -0.4 is 0 Å². The van der Waals surface area contributed by atoms with Crippen molar-refractivity contribution in [2.45, 2.75) is 25.4 Å². The molecule has 1 aliphatic heterocycles. The van der Waals surface area contributed by atoms with Crippen LogP contribution in [0.4, 0.5) is 0 Å². The zero-order valence-electron chi connectivity index (χ0n) is 7.75. The molecule has 1 fully saturated rings. The quantitative estimate of drug-likeness (QED) is 0.748. The van der Waals surface area contributed by atoms with E-state index in [1.165, 1.54) is 4.88 Å². The van der Waals surface area contributed by atoms with Gasteiger partial charge in [-0.1, -0.05) is 0 Å². The van der Waals surface area contributed by atoms with Gasteiger partial charge in [-0.05, 0) is 23.9 Å². The lowest BCUT2D eigenvalue weighted by molar-refractivity contribution is -0.0676. The van der Waals surface area contributed by atoms with Crippen molar-refractivity contribution < 1.29 is 9.84 Å².